The number of hydrogen-bond acceptors (Lipinski definition) is 5. The summed E-state index contributed by atoms with van der Waals surface area (Å²) in [6, 6.07) is 3.88. The average Bonchev–Trinajstić information content (AvgIpc) is 2.25. The van der Waals surface area contributed by atoms with Crippen molar-refractivity contribution in [1.82, 2.24) is 0 Å². The van der Waals surface area contributed by atoms with Crippen molar-refractivity contribution in [2.75, 3.05) is 7.11 Å². The first-order valence-corrected chi connectivity index (χ1v) is 5.66. The number of thiol groups is 1. The molecule has 3 nitrogen and oxygen atoms in total. The number of hydrogen-bond donors (Lipinski definition) is 1. The Balaban J connectivity index is 3.39. The quantitative estimate of drug-likeness (QED) is 0.516. The number of nitriles is 1. The van der Waals surface area contributed by atoms with Crippen LogP contribution in [-0.2, 0) is 4.74 Å². The van der Waals surface area contributed by atoms with Gasteiger partial charge in [-0.3, -0.25) is 0 Å². The molecule has 0 bridgehead atoms. The van der Waals surface area contributed by atoms with Gasteiger partial charge in [-0.05, 0) is 23.9 Å². The van der Waals surface area contributed by atoms with Crippen molar-refractivity contribution in [3.63, 3.8) is 0 Å². The lowest BCUT2D eigenvalue weighted by Gasteiger charge is -2.12. The van der Waals surface area contributed by atoms with Gasteiger partial charge in [0.25, 0.3) is 0 Å². The minimum atomic E-state index is -4.57. The minimum Gasteiger partial charge on any atom is -0.465 e. The highest BCUT2D eigenvalue weighted by molar-refractivity contribution is 8.00. The number of rotatable bonds is 2. The number of methoxy groups -OCH3 is 1. The summed E-state index contributed by atoms with van der Waals surface area (Å²) in [6.45, 7) is 0. The van der Waals surface area contributed by atoms with Gasteiger partial charge in [0.15, 0.2) is 0 Å². The highest BCUT2D eigenvalue weighted by Crippen LogP contribution is 2.40. The van der Waals surface area contributed by atoms with Gasteiger partial charge in [-0.2, -0.15) is 18.4 Å². The fraction of sp³-hybridized carbons (Fsp3) is 0.200. The molecule has 1 aromatic rings. The molecule has 0 saturated carbocycles. The van der Waals surface area contributed by atoms with Crippen LogP contribution < -0.4 is 0 Å². The normalized spacial score (nSPS) is 10.9. The molecule has 0 unspecified atom stereocenters. The zero-order valence-corrected chi connectivity index (χ0v) is 10.6. The standard InChI is InChI=1S/C10H6F3NO2S2/c1-16-9(15)8-6(17)2-5(4-14)3-7(8)18-10(11,12)13/h2-3,17H,1H3. The molecule has 1 aromatic carbocycles. The maximum Gasteiger partial charge on any atom is 0.446 e. The molecule has 0 heterocycles. The van der Waals surface area contributed by atoms with Crippen LogP contribution in [0.25, 0.3) is 0 Å². The fourth-order valence-electron chi connectivity index (χ4n) is 1.18. The van der Waals surface area contributed by atoms with Crippen molar-refractivity contribution in [2.24, 2.45) is 0 Å². The second-order valence-corrected chi connectivity index (χ2v) is 4.61. The summed E-state index contributed by atoms with van der Waals surface area (Å²) in [4.78, 5) is 11.0. The number of benzene rings is 1. The Morgan fingerprint density at radius 2 is 2.11 bits per heavy atom. The predicted octanol–water partition coefficient (Wildman–Crippen LogP) is 3.25. The van der Waals surface area contributed by atoms with E-state index in [9.17, 15) is 18.0 Å². The third kappa shape index (κ3) is 3.58. The van der Waals surface area contributed by atoms with Gasteiger partial charge in [0.2, 0.25) is 0 Å². The van der Waals surface area contributed by atoms with Gasteiger partial charge in [-0.1, -0.05) is 0 Å². The first-order chi connectivity index (χ1) is 8.28. The average molecular weight is 293 g/mol. The number of carbonyl (C=O) groups excluding carboxylic acids is 1. The van der Waals surface area contributed by atoms with Crippen LogP contribution in [-0.4, -0.2) is 18.6 Å². The molecule has 8 heteroatoms. The molecule has 18 heavy (non-hydrogen) atoms. The van der Waals surface area contributed by atoms with E-state index in [1.165, 1.54) is 6.07 Å². The molecule has 0 spiro atoms. The first kappa shape index (κ1) is 14.7. The van der Waals surface area contributed by atoms with Crippen LogP contribution in [0.2, 0.25) is 0 Å². The molecule has 1 rings (SSSR count). The fourth-order valence-corrected chi connectivity index (χ4v) is 2.33. The monoisotopic (exact) mass is 293 g/mol. The minimum absolute atomic E-state index is 0.0144. The zero-order valence-electron chi connectivity index (χ0n) is 8.91. The number of alkyl halides is 3. The number of halogens is 3. The van der Waals surface area contributed by atoms with Crippen LogP contribution in [0.5, 0.6) is 0 Å². The summed E-state index contributed by atoms with van der Waals surface area (Å²) in [5, 5.41) is 8.68. The van der Waals surface area contributed by atoms with E-state index in [0.29, 0.717) is 0 Å². The summed E-state index contributed by atoms with van der Waals surface area (Å²) in [5.74, 6) is -0.934. The molecule has 0 aliphatic heterocycles. The van der Waals surface area contributed by atoms with E-state index in [-0.39, 0.29) is 16.0 Å². The second kappa shape index (κ2) is 5.54. The Bertz CT molecular complexity index is 523. The van der Waals surface area contributed by atoms with Gasteiger partial charge >= 0.3 is 11.5 Å². The molecule has 0 aliphatic rings. The third-order valence-electron chi connectivity index (χ3n) is 1.83. The summed E-state index contributed by atoms with van der Waals surface area (Å²) < 4.78 is 41.5. The molecule has 96 valence electrons. The van der Waals surface area contributed by atoms with Crippen molar-refractivity contribution in [2.45, 2.75) is 15.3 Å². The van der Waals surface area contributed by atoms with Crippen LogP contribution in [0.1, 0.15) is 15.9 Å². The van der Waals surface area contributed by atoms with Gasteiger partial charge < -0.3 is 4.74 Å². The van der Waals surface area contributed by atoms with Crippen molar-refractivity contribution in [1.29, 1.82) is 5.26 Å². The topological polar surface area (TPSA) is 50.1 Å². The second-order valence-electron chi connectivity index (χ2n) is 3.02. The van der Waals surface area contributed by atoms with Crippen LogP contribution >= 0.6 is 24.4 Å². The van der Waals surface area contributed by atoms with Gasteiger partial charge in [0.05, 0.1) is 24.3 Å². The van der Waals surface area contributed by atoms with E-state index in [1.807, 2.05) is 0 Å². The molecule has 0 amide bonds. The lowest BCUT2D eigenvalue weighted by Crippen LogP contribution is -2.08. The van der Waals surface area contributed by atoms with E-state index in [0.717, 1.165) is 13.2 Å². The van der Waals surface area contributed by atoms with E-state index >= 15 is 0 Å². The lowest BCUT2D eigenvalue weighted by atomic mass is 10.1. The number of esters is 1. The molecule has 0 N–H and O–H groups in total. The molecule has 0 atom stereocenters. The first-order valence-electron chi connectivity index (χ1n) is 4.39. The Hall–Kier alpha value is -1.33. The summed E-state index contributed by atoms with van der Waals surface area (Å²) in [7, 11) is 1.05. The van der Waals surface area contributed by atoms with Crippen molar-refractivity contribution in [3.05, 3.63) is 23.3 Å². The number of thioether (sulfide) groups is 1. The maximum atomic E-state index is 12.4. The maximum absolute atomic E-state index is 12.4. The summed E-state index contributed by atoms with van der Waals surface area (Å²) >= 11 is 3.42. The Kier molecular flexibility index (Phi) is 4.53. The predicted molar refractivity (Wildman–Crippen MR) is 61.7 cm³/mol. The van der Waals surface area contributed by atoms with Gasteiger partial charge in [0.1, 0.15) is 0 Å². The molecule has 0 saturated heterocycles. The summed E-state index contributed by atoms with van der Waals surface area (Å²) in [5.41, 5.74) is -4.89. The largest absolute Gasteiger partial charge is 0.465 e. The zero-order chi connectivity index (χ0) is 13.9. The third-order valence-corrected chi connectivity index (χ3v) is 2.95. The van der Waals surface area contributed by atoms with Gasteiger partial charge in [-0.25, -0.2) is 4.79 Å². The highest BCUT2D eigenvalue weighted by atomic mass is 32.2. The number of ether oxygens (including phenoxy) is 1. The van der Waals surface area contributed by atoms with Crippen molar-refractivity contribution >= 4 is 30.4 Å². The molecular formula is C10H6F3NO2S2. The SMILES string of the molecule is COC(=O)c1c(S)cc(C#N)cc1SC(F)(F)F. The van der Waals surface area contributed by atoms with Crippen LogP contribution in [0.4, 0.5) is 13.2 Å². The van der Waals surface area contributed by atoms with Crippen LogP contribution in [0.15, 0.2) is 21.9 Å². The number of nitrogens with zero attached hydrogens (tertiary/aromatic N) is 1. The molecule has 0 aliphatic carbocycles. The van der Waals surface area contributed by atoms with Gasteiger partial charge in [0, 0.05) is 9.79 Å². The van der Waals surface area contributed by atoms with Crippen molar-refractivity contribution in [3.8, 4) is 6.07 Å². The van der Waals surface area contributed by atoms with Crippen LogP contribution in [0, 0.1) is 11.3 Å². The van der Waals surface area contributed by atoms with E-state index in [1.54, 1.807) is 6.07 Å². The van der Waals surface area contributed by atoms with Crippen LogP contribution in [0.3, 0.4) is 0 Å². The Morgan fingerprint density at radius 1 is 1.50 bits per heavy atom. The van der Waals surface area contributed by atoms with Gasteiger partial charge in [-0.15, -0.1) is 12.6 Å². The summed E-state index contributed by atoms with van der Waals surface area (Å²) in [6.07, 6.45) is 0. The smallest absolute Gasteiger partial charge is 0.446 e. The van der Waals surface area contributed by atoms with Crippen molar-refractivity contribution < 1.29 is 22.7 Å². The Morgan fingerprint density at radius 3 is 2.56 bits per heavy atom. The molecular weight excluding hydrogens is 287 g/mol. The van der Waals surface area contributed by atoms with E-state index in [2.05, 4.69) is 17.4 Å². The lowest BCUT2D eigenvalue weighted by molar-refractivity contribution is -0.0328. The molecule has 0 radical (unpaired) electrons. The number of carbonyl (C=O) groups is 1. The molecule has 0 aromatic heterocycles. The Labute approximate surface area is 110 Å². The molecule has 0 fully saturated rings. The van der Waals surface area contributed by atoms with E-state index < -0.39 is 28.1 Å². The highest BCUT2D eigenvalue weighted by Gasteiger charge is 2.32. The van der Waals surface area contributed by atoms with E-state index in [4.69, 9.17) is 5.26 Å².